The highest BCUT2D eigenvalue weighted by molar-refractivity contribution is 6.11. The van der Waals surface area contributed by atoms with Gasteiger partial charge >= 0.3 is 18.1 Å². The minimum absolute atomic E-state index is 0.0252. The molecule has 0 heterocycles. The van der Waals surface area contributed by atoms with Gasteiger partial charge in [-0.3, -0.25) is 0 Å². The van der Waals surface area contributed by atoms with E-state index in [0.29, 0.717) is 0 Å². The van der Waals surface area contributed by atoms with Gasteiger partial charge in [-0.15, -0.1) is 0 Å². The van der Waals surface area contributed by atoms with E-state index in [-0.39, 0.29) is 11.1 Å². The van der Waals surface area contributed by atoms with Crippen LogP contribution in [-0.4, -0.2) is 24.3 Å². The molecule has 0 amide bonds. The predicted molar refractivity (Wildman–Crippen MR) is 75.5 cm³/mol. The zero-order valence-electron chi connectivity index (χ0n) is 12.4. The van der Waals surface area contributed by atoms with Crippen LogP contribution in [0.25, 0.3) is 0 Å². The van der Waals surface area contributed by atoms with Gasteiger partial charge in [0.05, 0.1) is 5.56 Å². The summed E-state index contributed by atoms with van der Waals surface area (Å²) in [6.07, 6.45) is -4.51. The molecular formula is C15H11F3N2O4. The number of benzene rings is 1. The van der Waals surface area contributed by atoms with Gasteiger partial charge in [-0.05, 0) is 19.1 Å². The van der Waals surface area contributed by atoms with Gasteiger partial charge < -0.3 is 9.57 Å². The summed E-state index contributed by atoms with van der Waals surface area (Å²) in [5.74, 6) is -1.87. The summed E-state index contributed by atoms with van der Waals surface area (Å²) in [5.41, 5.74) is -1.21. The summed E-state index contributed by atoms with van der Waals surface area (Å²) < 4.78 is 41.9. The number of alkyl halides is 3. The van der Waals surface area contributed by atoms with Crippen molar-refractivity contribution in [3.8, 4) is 6.07 Å². The Morgan fingerprint density at radius 2 is 1.88 bits per heavy atom. The van der Waals surface area contributed by atoms with Gasteiger partial charge in [-0.2, -0.15) is 18.4 Å². The molecule has 1 aromatic rings. The highest BCUT2D eigenvalue weighted by Crippen LogP contribution is 2.29. The first-order valence-electron chi connectivity index (χ1n) is 6.33. The SMILES string of the molecule is C=C(C)C(=O)OCC(=O)O/N=C(\C#N)c1ccc(C(F)(F)F)cc1. The van der Waals surface area contributed by atoms with E-state index in [2.05, 4.69) is 21.3 Å². The summed E-state index contributed by atoms with van der Waals surface area (Å²) in [4.78, 5) is 26.8. The molecule has 9 heteroatoms. The molecule has 0 saturated carbocycles. The lowest BCUT2D eigenvalue weighted by Crippen LogP contribution is -2.15. The highest BCUT2D eigenvalue weighted by Gasteiger charge is 2.30. The van der Waals surface area contributed by atoms with Crippen molar-refractivity contribution in [1.82, 2.24) is 0 Å². The molecule has 1 aromatic carbocycles. The molecular weight excluding hydrogens is 329 g/mol. The molecule has 0 bridgehead atoms. The molecule has 0 unspecified atom stereocenters. The summed E-state index contributed by atoms with van der Waals surface area (Å²) in [7, 11) is 0. The number of carbonyl (C=O) groups is 2. The van der Waals surface area contributed by atoms with Crippen molar-refractivity contribution < 1.29 is 32.3 Å². The van der Waals surface area contributed by atoms with Gasteiger partial charge in [-0.1, -0.05) is 23.9 Å². The van der Waals surface area contributed by atoms with Crippen LogP contribution >= 0.6 is 0 Å². The van der Waals surface area contributed by atoms with Crippen molar-refractivity contribution >= 4 is 17.7 Å². The van der Waals surface area contributed by atoms with Crippen molar-refractivity contribution in [2.24, 2.45) is 5.16 Å². The van der Waals surface area contributed by atoms with E-state index in [0.717, 1.165) is 24.3 Å². The fourth-order valence-electron chi connectivity index (χ4n) is 1.33. The van der Waals surface area contributed by atoms with Gasteiger partial charge in [0.15, 0.2) is 12.3 Å². The minimum Gasteiger partial charge on any atom is -0.450 e. The molecule has 0 spiro atoms. The molecule has 0 radical (unpaired) electrons. The van der Waals surface area contributed by atoms with Crippen molar-refractivity contribution in [2.45, 2.75) is 13.1 Å². The Morgan fingerprint density at radius 3 is 2.33 bits per heavy atom. The van der Waals surface area contributed by atoms with Crippen molar-refractivity contribution in [3.05, 3.63) is 47.5 Å². The Labute approximate surface area is 134 Å². The van der Waals surface area contributed by atoms with Gasteiger partial charge in [-0.25, -0.2) is 9.59 Å². The summed E-state index contributed by atoms with van der Waals surface area (Å²) in [6, 6.07) is 5.14. The van der Waals surface area contributed by atoms with Crippen LogP contribution in [0.4, 0.5) is 13.2 Å². The molecule has 126 valence electrons. The summed E-state index contributed by atoms with van der Waals surface area (Å²) in [6.45, 7) is 3.94. The number of carbonyl (C=O) groups excluding carboxylic acids is 2. The van der Waals surface area contributed by atoms with Gasteiger partial charge in [0, 0.05) is 11.1 Å². The minimum atomic E-state index is -4.51. The lowest BCUT2D eigenvalue weighted by molar-refractivity contribution is -0.156. The largest absolute Gasteiger partial charge is 0.450 e. The maximum Gasteiger partial charge on any atom is 0.416 e. The molecule has 0 aliphatic heterocycles. The molecule has 0 saturated heterocycles. The average molecular weight is 340 g/mol. The van der Waals surface area contributed by atoms with Crippen LogP contribution in [0.1, 0.15) is 18.1 Å². The Hall–Kier alpha value is -3.15. The lowest BCUT2D eigenvalue weighted by Gasteiger charge is -2.06. The topological polar surface area (TPSA) is 88.8 Å². The molecule has 6 nitrogen and oxygen atoms in total. The fraction of sp³-hybridized carbons (Fsp3) is 0.200. The first kappa shape index (κ1) is 18.9. The zero-order valence-corrected chi connectivity index (χ0v) is 12.4. The van der Waals surface area contributed by atoms with Gasteiger partial charge in [0.25, 0.3) is 0 Å². The monoisotopic (exact) mass is 340 g/mol. The van der Waals surface area contributed by atoms with Crippen LogP contribution in [-0.2, 0) is 25.3 Å². The fourth-order valence-corrected chi connectivity index (χ4v) is 1.33. The third kappa shape index (κ3) is 5.57. The van der Waals surface area contributed by atoms with Crippen molar-refractivity contribution in [2.75, 3.05) is 6.61 Å². The second-order valence-corrected chi connectivity index (χ2v) is 4.45. The van der Waals surface area contributed by atoms with E-state index in [9.17, 15) is 22.8 Å². The summed E-state index contributed by atoms with van der Waals surface area (Å²) >= 11 is 0. The normalized spacial score (nSPS) is 11.4. The van der Waals surface area contributed by atoms with E-state index < -0.39 is 36.0 Å². The van der Waals surface area contributed by atoms with Crippen LogP contribution in [0.2, 0.25) is 0 Å². The quantitative estimate of drug-likeness (QED) is 0.270. The van der Waals surface area contributed by atoms with Crippen molar-refractivity contribution in [3.63, 3.8) is 0 Å². The number of esters is 1. The standard InChI is InChI=1S/C15H11F3N2O4/c1-9(2)14(22)23-8-13(21)24-20-12(7-19)10-3-5-11(6-4-10)15(16,17)18/h3-6H,1,8H2,2H3/b20-12+. The van der Waals surface area contributed by atoms with E-state index in [1.165, 1.54) is 6.92 Å². The molecule has 24 heavy (non-hydrogen) atoms. The van der Waals surface area contributed by atoms with Crippen LogP contribution in [0.15, 0.2) is 41.6 Å². The molecule has 0 aromatic heterocycles. The number of rotatable bonds is 5. The summed E-state index contributed by atoms with van der Waals surface area (Å²) in [5, 5.41) is 12.2. The molecule has 1 rings (SSSR count). The van der Waals surface area contributed by atoms with E-state index >= 15 is 0 Å². The zero-order chi connectivity index (χ0) is 18.3. The van der Waals surface area contributed by atoms with Gasteiger partial charge in [0.1, 0.15) is 6.07 Å². The molecule has 0 aliphatic rings. The lowest BCUT2D eigenvalue weighted by atomic mass is 10.1. The second kappa shape index (κ2) is 7.92. The predicted octanol–water partition coefficient (Wildman–Crippen LogP) is 2.60. The number of nitriles is 1. The third-order valence-corrected chi connectivity index (χ3v) is 2.50. The van der Waals surface area contributed by atoms with E-state index in [1.807, 2.05) is 0 Å². The number of hydrogen-bond donors (Lipinski definition) is 0. The molecule has 0 N–H and O–H groups in total. The number of oxime groups is 1. The third-order valence-electron chi connectivity index (χ3n) is 2.50. The number of halogens is 3. The molecule has 0 fully saturated rings. The van der Waals surface area contributed by atoms with E-state index in [4.69, 9.17) is 5.26 Å². The Bertz CT molecular complexity index is 716. The first-order chi connectivity index (χ1) is 11.1. The van der Waals surface area contributed by atoms with Crippen molar-refractivity contribution in [1.29, 1.82) is 5.26 Å². The van der Waals surface area contributed by atoms with Crippen LogP contribution in [0.3, 0.4) is 0 Å². The van der Waals surface area contributed by atoms with Crippen LogP contribution in [0.5, 0.6) is 0 Å². The maximum atomic E-state index is 12.5. The number of hydrogen-bond acceptors (Lipinski definition) is 6. The van der Waals surface area contributed by atoms with Crippen LogP contribution < -0.4 is 0 Å². The molecule has 0 aliphatic carbocycles. The maximum absolute atomic E-state index is 12.5. The second-order valence-electron chi connectivity index (χ2n) is 4.45. The highest BCUT2D eigenvalue weighted by atomic mass is 19.4. The first-order valence-corrected chi connectivity index (χ1v) is 6.33. The van der Waals surface area contributed by atoms with Crippen LogP contribution in [0, 0.1) is 11.3 Å². The Balaban J connectivity index is 2.74. The molecule has 0 atom stereocenters. The van der Waals surface area contributed by atoms with E-state index in [1.54, 1.807) is 6.07 Å². The van der Waals surface area contributed by atoms with Gasteiger partial charge in [0.2, 0.25) is 0 Å². The number of nitrogens with zero attached hydrogens (tertiary/aromatic N) is 2. The smallest absolute Gasteiger partial charge is 0.416 e. The Morgan fingerprint density at radius 1 is 1.29 bits per heavy atom. The average Bonchev–Trinajstić information content (AvgIpc) is 2.52. The number of ether oxygens (including phenoxy) is 1. The Kier molecular flexibility index (Phi) is 6.23.